The quantitative estimate of drug-likeness (QED) is 0.816. The van der Waals surface area contributed by atoms with E-state index in [1.165, 1.54) is 0 Å². The lowest BCUT2D eigenvalue weighted by Gasteiger charge is -2.03. The summed E-state index contributed by atoms with van der Waals surface area (Å²) < 4.78 is 1.80. The number of nitrogens with zero attached hydrogens (tertiary/aromatic N) is 4. The number of aryl methyl sites for hydroxylation is 2. The van der Waals surface area contributed by atoms with Gasteiger partial charge in [0.15, 0.2) is 5.82 Å². The third kappa shape index (κ3) is 3.13. The second-order valence-electron chi connectivity index (χ2n) is 4.38. The van der Waals surface area contributed by atoms with Gasteiger partial charge < -0.3 is 5.32 Å². The minimum absolute atomic E-state index is 0.770. The molecule has 5 heteroatoms. The molecule has 0 aliphatic carbocycles. The minimum atomic E-state index is 0.770. The molecule has 0 saturated carbocycles. The van der Waals surface area contributed by atoms with Crippen molar-refractivity contribution in [2.45, 2.75) is 33.7 Å². The zero-order chi connectivity index (χ0) is 13.0. The van der Waals surface area contributed by atoms with Crippen LogP contribution in [-0.4, -0.2) is 26.3 Å². The van der Waals surface area contributed by atoms with E-state index in [2.05, 4.69) is 27.3 Å². The number of hydrogen-bond acceptors (Lipinski definition) is 4. The van der Waals surface area contributed by atoms with Gasteiger partial charge in [-0.1, -0.05) is 6.92 Å². The molecule has 0 radical (unpaired) electrons. The van der Waals surface area contributed by atoms with Gasteiger partial charge in [-0.3, -0.25) is 0 Å². The fourth-order valence-electron chi connectivity index (χ4n) is 1.80. The van der Waals surface area contributed by atoms with E-state index in [0.29, 0.717) is 0 Å². The molecule has 2 rings (SSSR count). The van der Waals surface area contributed by atoms with E-state index in [1.807, 2.05) is 32.3 Å². The van der Waals surface area contributed by atoms with Crippen LogP contribution in [0.4, 0.5) is 0 Å². The van der Waals surface area contributed by atoms with Gasteiger partial charge in [0.2, 0.25) is 0 Å². The van der Waals surface area contributed by atoms with Crippen LogP contribution in [-0.2, 0) is 6.54 Å². The summed E-state index contributed by atoms with van der Waals surface area (Å²) in [6, 6.07) is 1.93. The van der Waals surface area contributed by atoms with Crippen LogP contribution in [0.3, 0.4) is 0 Å². The van der Waals surface area contributed by atoms with Crippen molar-refractivity contribution in [1.82, 2.24) is 25.1 Å². The molecule has 0 saturated heterocycles. The Morgan fingerprint density at radius 1 is 1.28 bits per heavy atom. The molecule has 0 fully saturated rings. The summed E-state index contributed by atoms with van der Waals surface area (Å²) in [6.45, 7) is 7.88. The van der Waals surface area contributed by atoms with Crippen molar-refractivity contribution in [3.8, 4) is 5.82 Å². The molecule has 1 N–H and O–H groups in total. The van der Waals surface area contributed by atoms with Crippen LogP contribution in [0.25, 0.3) is 5.82 Å². The van der Waals surface area contributed by atoms with Gasteiger partial charge in [-0.25, -0.2) is 14.6 Å². The summed E-state index contributed by atoms with van der Waals surface area (Å²) in [4.78, 5) is 8.65. The fraction of sp³-hybridized carbons (Fsp3) is 0.462. The van der Waals surface area contributed by atoms with Crippen LogP contribution in [0.2, 0.25) is 0 Å². The smallest absolute Gasteiger partial charge is 0.157 e. The van der Waals surface area contributed by atoms with E-state index in [0.717, 1.165) is 42.4 Å². The lowest BCUT2D eigenvalue weighted by atomic mass is 10.3. The van der Waals surface area contributed by atoms with Crippen LogP contribution in [0, 0.1) is 13.8 Å². The maximum absolute atomic E-state index is 4.38. The summed E-state index contributed by atoms with van der Waals surface area (Å²) in [5, 5.41) is 7.69. The molecule has 0 aromatic carbocycles. The van der Waals surface area contributed by atoms with Crippen molar-refractivity contribution < 1.29 is 0 Å². The molecule has 2 aromatic rings. The second-order valence-corrected chi connectivity index (χ2v) is 4.38. The van der Waals surface area contributed by atoms with E-state index in [9.17, 15) is 0 Å². The summed E-state index contributed by atoms with van der Waals surface area (Å²) >= 11 is 0. The van der Waals surface area contributed by atoms with Crippen LogP contribution < -0.4 is 5.32 Å². The molecule has 2 heterocycles. The third-order valence-corrected chi connectivity index (χ3v) is 2.58. The summed E-state index contributed by atoms with van der Waals surface area (Å²) in [7, 11) is 0. The van der Waals surface area contributed by atoms with Crippen molar-refractivity contribution in [3.63, 3.8) is 0 Å². The zero-order valence-corrected chi connectivity index (χ0v) is 11.1. The Kier molecular flexibility index (Phi) is 4.04. The molecule has 96 valence electrons. The van der Waals surface area contributed by atoms with Crippen LogP contribution in [0.1, 0.15) is 30.4 Å². The van der Waals surface area contributed by atoms with Crippen LogP contribution in [0.15, 0.2) is 18.5 Å². The predicted molar refractivity (Wildman–Crippen MR) is 70.6 cm³/mol. The first-order valence-corrected chi connectivity index (χ1v) is 6.26. The molecule has 0 atom stereocenters. The Morgan fingerprint density at radius 3 is 2.83 bits per heavy atom. The summed E-state index contributed by atoms with van der Waals surface area (Å²) in [6.07, 6.45) is 5.01. The van der Waals surface area contributed by atoms with Crippen molar-refractivity contribution >= 4 is 0 Å². The van der Waals surface area contributed by atoms with Crippen molar-refractivity contribution in [1.29, 1.82) is 0 Å². The first-order chi connectivity index (χ1) is 8.69. The number of hydrogen-bond donors (Lipinski definition) is 1. The SMILES string of the molecule is CCCNCc1cnn(-c2cc(C)nc(C)n2)c1. The molecule has 0 unspecified atom stereocenters. The van der Waals surface area contributed by atoms with E-state index in [1.54, 1.807) is 4.68 Å². The Morgan fingerprint density at radius 2 is 2.11 bits per heavy atom. The van der Waals surface area contributed by atoms with Gasteiger partial charge in [0.05, 0.1) is 6.20 Å². The largest absolute Gasteiger partial charge is 0.313 e. The van der Waals surface area contributed by atoms with Crippen molar-refractivity contribution in [2.24, 2.45) is 0 Å². The highest BCUT2D eigenvalue weighted by Crippen LogP contribution is 2.07. The molecule has 2 aromatic heterocycles. The standard InChI is InChI=1S/C13H19N5/c1-4-5-14-7-12-8-15-18(9-12)13-6-10(2)16-11(3)17-13/h6,8-9,14H,4-5,7H2,1-3H3. The second kappa shape index (κ2) is 5.73. The Labute approximate surface area is 107 Å². The van der Waals surface area contributed by atoms with Gasteiger partial charge in [0.1, 0.15) is 5.82 Å². The number of nitrogens with one attached hydrogen (secondary N) is 1. The van der Waals surface area contributed by atoms with Gasteiger partial charge in [-0.05, 0) is 26.8 Å². The first-order valence-electron chi connectivity index (χ1n) is 6.26. The maximum Gasteiger partial charge on any atom is 0.157 e. The Bertz CT molecular complexity index is 498. The number of aromatic nitrogens is 4. The highest BCUT2D eigenvalue weighted by atomic mass is 15.3. The molecule has 0 aliphatic heterocycles. The van der Waals surface area contributed by atoms with Gasteiger partial charge in [0.25, 0.3) is 0 Å². The zero-order valence-electron chi connectivity index (χ0n) is 11.1. The molecular formula is C13H19N5. The average Bonchev–Trinajstić information content (AvgIpc) is 2.77. The summed E-state index contributed by atoms with van der Waals surface area (Å²) in [5.74, 6) is 1.59. The van der Waals surface area contributed by atoms with E-state index >= 15 is 0 Å². The normalized spacial score (nSPS) is 10.8. The predicted octanol–water partition coefficient (Wildman–Crippen LogP) is 1.78. The molecule has 0 bridgehead atoms. The highest BCUT2D eigenvalue weighted by Gasteiger charge is 2.04. The molecule has 0 amide bonds. The Hall–Kier alpha value is -1.75. The Balaban J connectivity index is 2.13. The molecular weight excluding hydrogens is 226 g/mol. The van der Waals surface area contributed by atoms with Gasteiger partial charge >= 0.3 is 0 Å². The number of rotatable bonds is 5. The van der Waals surface area contributed by atoms with Gasteiger partial charge in [-0.2, -0.15) is 5.10 Å². The highest BCUT2D eigenvalue weighted by molar-refractivity contribution is 5.25. The molecule has 5 nitrogen and oxygen atoms in total. The average molecular weight is 245 g/mol. The first kappa shape index (κ1) is 12.7. The monoisotopic (exact) mass is 245 g/mol. The molecule has 18 heavy (non-hydrogen) atoms. The summed E-state index contributed by atoms with van der Waals surface area (Å²) in [5.41, 5.74) is 2.12. The lowest BCUT2D eigenvalue weighted by molar-refractivity contribution is 0.675. The lowest BCUT2D eigenvalue weighted by Crippen LogP contribution is -2.13. The van der Waals surface area contributed by atoms with Crippen molar-refractivity contribution in [3.05, 3.63) is 35.5 Å². The fourth-order valence-corrected chi connectivity index (χ4v) is 1.80. The van der Waals surface area contributed by atoms with Crippen LogP contribution in [0.5, 0.6) is 0 Å². The van der Waals surface area contributed by atoms with Crippen molar-refractivity contribution in [2.75, 3.05) is 6.54 Å². The van der Waals surface area contributed by atoms with E-state index < -0.39 is 0 Å². The molecule has 0 aliphatic rings. The topological polar surface area (TPSA) is 55.6 Å². The van der Waals surface area contributed by atoms with Crippen LogP contribution >= 0.6 is 0 Å². The maximum atomic E-state index is 4.38. The van der Waals surface area contributed by atoms with E-state index in [-0.39, 0.29) is 0 Å². The van der Waals surface area contributed by atoms with Gasteiger partial charge in [0, 0.05) is 30.1 Å². The molecule has 0 spiro atoms. The third-order valence-electron chi connectivity index (χ3n) is 2.58. The minimum Gasteiger partial charge on any atom is -0.313 e. The van der Waals surface area contributed by atoms with Gasteiger partial charge in [-0.15, -0.1) is 0 Å². The van der Waals surface area contributed by atoms with E-state index in [4.69, 9.17) is 0 Å².